The lowest BCUT2D eigenvalue weighted by molar-refractivity contribution is -0.129. The summed E-state index contributed by atoms with van der Waals surface area (Å²) in [6.07, 6.45) is 4.60. The highest BCUT2D eigenvalue weighted by Crippen LogP contribution is 2.30. The van der Waals surface area contributed by atoms with Crippen molar-refractivity contribution >= 4 is 23.4 Å². The van der Waals surface area contributed by atoms with Crippen molar-refractivity contribution in [3.05, 3.63) is 65.2 Å². The van der Waals surface area contributed by atoms with Gasteiger partial charge in [0, 0.05) is 25.6 Å². The number of carbonyl (C=O) groups excluding carboxylic acids is 3. The smallest absolute Gasteiger partial charge is 0.253 e. The topological polar surface area (TPSA) is 78.5 Å². The molecule has 0 spiro atoms. The molecule has 162 valence electrons. The Morgan fingerprint density at radius 1 is 1.03 bits per heavy atom. The third-order valence-electron chi connectivity index (χ3n) is 6.30. The number of hydrogen-bond donors (Lipinski definition) is 2. The molecule has 31 heavy (non-hydrogen) atoms. The van der Waals surface area contributed by atoms with E-state index in [9.17, 15) is 14.4 Å². The Labute approximate surface area is 183 Å². The summed E-state index contributed by atoms with van der Waals surface area (Å²) in [4.78, 5) is 40.0. The van der Waals surface area contributed by atoms with Crippen LogP contribution in [-0.2, 0) is 16.1 Å². The van der Waals surface area contributed by atoms with Crippen LogP contribution >= 0.6 is 0 Å². The molecule has 0 unspecified atom stereocenters. The normalized spacial score (nSPS) is 18.9. The van der Waals surface area contributed by atoms with Gasteiger partial charge in [-0.05, 0) is 37.5 Å². The van der Waals surface area contributed by atoms with Gasteiger partial charge >= 0.3 is 0 Å². The number of nitrogens with zero attached hydrogens (tertiary/aromatic N) is 1. The average Bonchev–Trinajstić information content (AvgIpc) is 3.43. The van der Waals surface area contributed by atoms with Crippen LogP contribution in [0.4, 0.5) is 5.69 Å². The third-order valence-corrected chi connectivity index (χ3v) is 6.30. The number of rotatable bonds is 6. The van der Waals surface area contributed by atoms with Crippen LogP contribution in [-0.4, -0.2) is 35.2 Å². The van der Waals surface area contributed by atoms with Gasteiger partial charge in [-0.1, -0.05) is 54.8 Å². The van der Waals surface area contributed by atoms with Gasteiger partial charge in [0.15, 0.2) is 0 Å². The summed E-state index contributed by atoms with van der Waals surface area (Å²) in [6.45, 7) is 2.90. The van der Waals surface area contributed by atoms with Crippen molar-refractivity contribution in [3.8, 4) is 0 Å². The van der Waals surface area contributed by atoms with Crippen LogP contribution < -0.4 is 10.6 Å². The van der Waals surface area contributed by atoms with E-state index < -0.39 is 0 Å². The summed E-state index contributed by atoms with van der Waals surface area (Å²) in [7, 11) is 0. The highest BCUT2D eigenvalue weighted by molar-refractivity contribution is 6.05. The number of para-hydroxylation sites is 1. The van der Waals surface area contributed by atoms with Crippen molar-refractivity contribution in [1.29, 1.82) is 0 Å². The Balaban J connectivity index is 1.38. The molecule has 2 aliphatic rings. The number of nitrogens with one attached hydrogen (secondary N) is 2. The van der Waals surface area contributed by atoms with Gasteiger partial charge in [0.25, 0.3) is 5.91 Å². The van der Waals surface area contributed by atoms with Gasteiger partial charge in [0.05, 0.1) is 17.2 Å². The molecule has 2 N–H and O–H groups in total. The first-order valence-corrected chi connectivity index (χ1v) is 11.0. The first-order chi connectivity index (χ1) is 15.0. The molecule has 6 heteroatoms. The van der Waals surface area contributed by atoms with Gasteiger partial charge in [0.2, 0.25) is 11.8 Å². The summed E-state index contributed by atoms with van der Waals surface area (Å²) < 4.78 is 0. The molecule has 1 heterocycles. The van der Waals surface area contributed by atoms with E-state index in [0.29, 0.717) is 24.3 Å². The zero-order valence-electron chi connectivity index (χ0n) is 17.9. The van der Waals surface area contributed by atoms with Crippen molar-refractivity contribution in [3.63, 3.8) is 0 Å². The minimum absolute atomic E-state index is 0.0659. The summed E-state index contributed by atoms with van der Waals surface area (Å²) in [6, 6.07) is 15.3. The largest absolute Gasteiger partial charge is 0.348 e. The lowest BCUT2D eigenvalue weighted by Crippen LogP contribution is -2.35. The van der Waals surface area contributed by atoms with Gasteiger partial charge in [0.1, 0.15) is 0 Å². The minimum atomic E-state index is -0.378. The molecule has 2 aromatic rings. The van der Waals surface area contributed by atoms with Crippen LogP contribution in [0, 0.1) is 12.8 Å². The minimum Gasteiger partial charge on any atom is -0.348 e. The highest BCUT2D eigenvalue weighted by atomic mass is 16.2. The van der Waals surface area contributed by atoms with E-state index in [0.717, 1.165) is 31.2 Å². The molecule has 2 aromatic carbocycles. The van der Waals surface area contributed by atoms with E-state index in [1.807, 2.05) is 36.1 Å². The molecule has 1 aliphatic heterocycles. The molecule has 0 bridgehead atoms. The Bertz CT molecular complexity index is 964. The maximum absolute atomic E-state index is 12.9. The van der Waals surface area contributed by atoms with E-state index in [1.165, 1.54) is 5.56 Å². The Morgan fingerprint density at radius 3 is 2.48 bits per heavy atom. The average molecular weight is 420 g/mol. The van der Waals surface area contributed by atoms with Crippen LogP contribution in [0.5, 0.6) is 0 Å². The number of anilines is 1. The fraction of sp³-hybridized carbons (Fsp3) is 0.400. The number of amides is 3. The van der Waals surface area contributed by atoms with Crippen molar-refractivity contribution in [2.45, 2.75) is 51.6 Å². The molecule has 0 radical (unpaired) electrons. The second-order valence-corrected chi connectivity index (χ2v) is 8.59. The fourth-order valence-electron chi connectivity index (χ4n) is 4.48. The molecule has 1 aliphatic carbocycles. The Morgan fingerprint density at radius 2 is 1.74 bits per heavy atom. The molecular weight excluding hydrogens is 390 g/mol. The lowest BCUT2D eigenvalue weighted by atomic mass is 10.1. The Kier molecular flexibility index (Phi) is 6.35. The summed E-state index contributed by atoms with van der Waals surface area (Å²) in [5.41, 5.74) is 3.07. The van der Waals surface area contributed by atoms with Gasteiger partial charge in [-0.15, -0.1) is 0 Å². The molecule has 6 nitrogen and oxygen atoms in total. The van der Waals surface area contributed by atoms with E-state index in [-0.39, 0.29) is 36.1 Å². The van der Waals surface area contributed by atoms with E-state index in [2.05, 4.69) is 10.6 Å². The zero-order chi connectivity index (χ0) is 21.8. The third kappa shape index (κ3) is 4.95. The number of likely N-dealkylation sites (tertiary alicyclic amines) is 1. The van der Waals surface area contributed by atoms with E-state index in [1.54, 1.807) is 24.3 Å². The summed E-state index contributed by atoms with van der Waals surface area (Å²) >= 11 is 0. The first kappa shape index (κ1) is 21.1. The highest BCUT2D eigenvalue weighted by Gasteiger charge is 2.38. The second kappa shape index (κ2) is 9.33. The molecule has 1 saturated carbocycles. The van der Waals surface area contributed by atoms with Crippen LogP contribution in [0.15, 0.2) is 48.5 Å². The van der Waals surface area contributed by atoms with Crippen LogP contribution in [0.3, 0.4) is 0 Å². The van der Waals surface area contributed by atoms with Gasteiger partial charge < -0.3 is 15.5 Å². The second-order valence-electron chi connectivity index (χ2n) is 8.59. The van der Waals surface area contributed by atoms with E-state index in [4.69, 9.17) is 0 Å². The molecule has 2 fully saturated rings. The van der Waals surface area contributed by atoms with Crippen molar-refractivity contribution in [2.24, 2.45) is 5.92 Å². The molecule has 4 rings (SSSR count). The van der Waals surface area contributed by atoms with Crippen LogP contribution in [0.25, 0.3) is 0 Å². The number of aryl methyl sites for hydroxylation is 1. The standard InChI is InChI=1S/C25H29N3O3/c1-17-10-12-18(13-11-17)15-26-25(31)21-8-4-5-9-22(21)27-24(30)19-14-23(29)28(16-19)20-6-2-3-7-20/h4-5,8-13,19-20H,2-3,6-7,14-16H2,1H3,(H,26,31)(H,27,30)/t19-/m1/s1. The fourth-order valence-corrected chi connectivity index (χ4v) is 4.48. The molecule has 0 aromatic heterocycles. The maximum atomic E-state index is 12.9. The number of benzene rings is 2. The van der Waals surface area contributed by atoms with Crippen molar-refractivity contribution in [2.75, 3.05) is 11.9 Å². The maximum Gasteiger partial charge on any atom is 0.253 e. The van der Waals surface area contributed by atoms with Crippen LogP contribution in [0.2, 0.25) is 0 Å². The molecule has 1 saturated heterocycles. The van der Waals surface area contributed by atoms with E-state index >= 15 is 0 Å². The monoisotopic (exact) mass is 419 g/mol. The SMILES string of the molecule is Cc1ccc(CNC(=O)c2ccccc2NC(=O)[C@@H]2CC(=O)N(C3CCCC3)C2)cc1. The molecule has 1 atom stereocenters. The molecular formula is C25H29N3O3. The number of hydrogen-bond acceptors (Lipinski definition) is 3. The van der Waals surface area contributed by atoms with Gasteiger partial charge in [-0.2, -0.15) is 0 Å². The van der Waals surface area contributed by atoms with Gasteiger partial charge in [-0.25, -0.2) is 0 Å². The van der Waals surface area contributed by atoms with Crippen LogP contribution in [0.1, 0.15) is 53.6 Å². The Hall–Kier alpha value is -3.15. The molecule has 3 amide bonds. The van der Waals surface area contributed by atoms with Crippen molar-refractivity contribution in [1.82, 2.24) is 10.2 Å². The predicted octanol–water partition coefficient (Wildman–Crippen LogP) is 3.65. The van der Waals surface area contributed by atoms with Crippen molar-refractivity contribution < 1.29 is 14.4 Å². The first-order valence-electron chi connectivity index (χ1n) is 11.0. The quantitative estimate of drug-likeness (QED) is 0.750. The lowest BCUT2D eigenvalue weighted by Gasteiger charge is -2.24. The summed E-state index contributed by atoms with van der Waals surface area (Å²) in [5, 5.41) is 5.81. The summed E-state index contributed by atoms with van der Waals surface area (Å²) in [5.74, 6) is -0.757. The number of carbonyl (C=O) groups is 3. The zero-order valence-corrected chi connectivity index (χ0v) is 17.9. The predicted molar refractivity (Wildman–Crippen MR) is 119 cm³/mol. The van der Waals surface area contributed by atoms with Gasteiger partial charge in [-0.3, -0.25) is 14.4 Å².